The minimum Gasteiger partial charge on any atom is -0.495 e. The Bertz CT molecular complexity index is 1350. The highest BCUT2D eigenvalue weighted by atomic mass is 35.5. The van der Waals surface area contributed by atoms with Gasteiger partial charge in [0, 0.05) is 35.6 Å². The standard InChI is InChI=1S/C26H23Cl2N3O3/c1-4-24(32)30-19-8-6-5-7-16(19)13-17-9-10-21-20(29-17)11-12-31(21)15-18-25(27)22(33-2)14-23(34-3)26(18)28/h4-12,14H,1,13,15H2,2-3H3,(H,30,32). The summed E-state index contributed by atoms with van der Waals surface area (Å²) in [5, 5.41) is 3.73. The number of para-hydroxylation sites is 1. The predicted octanol–water partition coefficient (Wildman–Crippen LogP) is 6.12. The first-order chi connectivity index (χ1) is 16.4. The van der Waals surface area contributed by atoms with Crippen LogP contribution in [-0.4, -0.2) is 29.7 Å². The molecule has 34 heavy (non-hydrogen) atoms. The summed E-state index contributed by atoms with van der Waals surface area (Å²) in [6.07, 6.45) is 3.76. The number of rotatable bonds is 8. The van der Waals surface area contributed by atoms with E-state index < -0.39 is 0 Å². The van der Waals surface area contributed by atoms with Crippen molar-refractivity contribution in [2.75, 3.05) is 19.5 Å². The molecular formula is C26H23Cl2N3O3. The van der Waals surface area contributed by atoms with Crippen LogP contribution >= 0.6 is 23.2 Å². The first kappa shape index (κ1) is 23.7. The lowest BCUT2D eigenvalue weighted by Crippen LogP contribution is -2.09. The van der Waals surface area contributed by atoms with E-state index in [1.807, 2.05) is 53.2 Å². The maximum absolute atomic E-state index is 11.8. The Morgan fingerprint density at radius 3 is 2.47 bits per heavy atom. The number of carbonyl (C=O) groups excluding carboxylic acids is 1. The fourth-order valence-electron chi connectivity index (χ4n) is 3.77. The maximum atomic E-state index is 11.8. The summed E-state index contributed by atoms with van der Waals surface area (Å²) in [7, 11) is 3.10. The minimum absolute atomic E-state index is 0.251. The number of hydrogen-bond acceptors (Lipinski definition) is 4. The lowest BCUT2D eigenvalue weighted by molar-refractivity contribution is -0.111. The van der Waals surface area contributed by atoms with E-state index in [1.165, 1.54) is 6.08 Å². The van der Waals surface area contributed by atoms with Gasteiger partial charge in [0.05, 0.1) is 41.8 Å². The van der Waals surface area contributed by atoms with Gasteiger partial charge in [0.2, 0.25) is 5.91 Å². The van der Waals surface area contributed by atoms with Crippen LogP contribution in [0.15, 0.2) is 67.4 Å². The quantitative estimate of drug-likeness (QED) is 0.299. The number of nitrogens with one attached hydrogen (secondary N) is 1. The van der Waals surface area contributed by atoms with Crippen molar-refractivity contribution < 1.29 is 14.3 Å². The van der Waals surface area contributed by atoms with E-state index in [9.17, 15) is 4.79 Å². The number of carbonyl (C=O) groups is 1. The van der Waals surface area contributed by atoms with Crippen LogP contribution in [0.3, 0.4) is 0 Å². The molecule has 1 N–H and O–H groups in total. The molecule has 0 atom stereocenters. The molecule has 2 aromatic heterocycles. The first-order valence-corrected chi connectivity index (χ1v) is 11.3. The van der Waals surface area contributed by atoms with Gasteiger partial charge in [0.15, 0.2) is 0 Å². The van der Waals surface area contributed by atoms with Crippen molar-refractivity contribution in [3.05, 3.63) is 94.2 Å². The summed E-state index contributed by atoms with van der Waals surface area (Å²) in [6.45, 7) is 3.93. The van der Waals surface area contributed by atoms with Gasteiger partial charge in [0.1, 0.15) is 11.5 Å². The Labute approximate surface area is 207 Å². The molecule has 4 aromatic rings. The zero-order valence-corrected chi connectivity index (χ0v) is 20.3. The largest absolute Gasteiger partial charge is 0.495 e. The Balaban J connectivity index is 1.64. The van der Waals surface area contributed by atoms with Crippen molar-refractivity contribution in [1.82, 2.24) is 9.55 Å². The molecule has 0 aliphatic heterocycles. The Hall–Kier alpha value is -3.48. The van der Waals surface area contributed by atoms with Crippen molar-refractivity contribution >= 4 is 45.8 Å². The van der Waals surface area contributed by atoms with E-state index in [2.05, 4.69) is 11.9 Å². The molecule has 0 fully saturated rings. The van der Waals surface area contributed by atoms with Gasteiger partial charge in [-0.25, -0.2) is 0 Å². The average Bonchev–Trinajstić information content (AvgIpc) is 3.25. The fraction of sp³-hybridized carbons (Fsp3) is 0.154. The van der Waals surface area contributed by atoms with E-state index in [0.29, 0.717) is 40.1 Å². The second-order valence-electron chi connectivity index (χ2n) is 7.57. The molecule has 1 amide bonds. The van der Waals surface area contributed by atoms with E-state index in [0.717, 1.165) is 28.0 Å². The number of nitrogens with zero attached hydrogens (tertiary/aromatic N) is 2. The number of amides is 1. The van der Waals surface area contributed by atoms with Crippen molar-refractivity contribution in [2.24, 2.45) is 0 Å². The third kappa shape index (κ3) is 4.74. The summed E-state index contributed by atoms with van der Waals surface area (Å²) in [5.74, 6) is 0.744. The molecule has 0 aliphatic rings. The van der Waals surface area contributed by atoms with Gasteiger partial charge in [-0.3, -0.25) is 9.78 Å². The van der Waals surface area contributed by atoms with Crippen LogP contribution in [0.25, 0.3) is 11.0 Å². The molecule has 0 radical (unpaired) electrons. The van der Waals surface area contributed by atoms with Crippen LogP contribution in [0.2, 0.25) is 10.0 Å². The van der Waals surface area contributed by atoms with Crippen LogP contribution in [0, 0.1) is 0 Å². The summed E-state index contributed by atoms with van der Waals surface area (Å²) < 4.78 is 12.8. The number of pyridine rings is 1. The maximum Gasteiger partial charge on any atom is 0.247 e. The molecule has 4 rings (SSSR count). The van der Waals surface area contributed by atoms with Gasteiger partial charge < -0.3 is 19.4 Å². The lowest BCUT2D eigenvalue weighted by Gasteiger charge is -2.15. The van der Waals surface area contributed by atoms with Gasteiger partial charge in [-0.15, -0.1) is 0 Å². The zero-order valence-electron chi connectivity index (χ0n) is 18.8. The fourth-order valence-corrected chi connectivity index (χ4v) is 4.39. The highest BCUT2D eigenvalue weighted by molar-refractivity contribution is 6.37. The number of fused-ring (bicyclic) bond motifs is 1. The Kier molecular flexibility index (Phi) is 7.10. The molecule has 0 spiro atoms. The van der Waals surface area contributed by atoms with Crippen molar-refractivity contribution in [3.63, 3.8) is 0 Å². The molecule has 0 saturated heterocycles. The highest BCUT2D eigenvalue weighted by Gasteiger charge is 2.18. The summed E-state index contributed by atoms with van der Waals surface area (Å²) in [5.41, 5.74) is 5.06. The number of methoxy groups -OCH3 is 2. The van der Waals surface area contributed by atoms with E-state index in [4.69, 9.17) is 37.7 Å². The zero-order chi connectivity index (χ0) is 24.2. The lowest BCUT2D eigenvalue weighted by atomic mass is 10.1. The summed E-state index contributed by atoms with van der Waals surface area (Å²) >= 11 is 13.1. The number of anilines is 1. The topological polar surface area (TPSA) is 65.4 Å². The first-order valence-electron chi connectivity index (χ1n) is 10.5. The van der Waals surface area contributed by atoms with Crippen LogP contribution in [0.5, 0.6) is 11.5 Å². The normalized spacial score (nSPS) is 10.8. The number of ether oxygens (including phenoxy) is 2. The minimum atomic E-state index is -0.251. The molecule has 0 saturated carbocycles. The molecule has 0 aliphatic carbocycles. The number of hydrogen-bond donors (Lipinski definition) is 1. The summed E-state index contributed by atoms with van der Waals surface area (Å²) in [6, 6.07) is 15.3. The van der Waals surface area contributed by atoms with Crippen molar-refractivity contribution in [2.45, 2.75) is 13.0 Å². The smallest absolute Gasteiger partial charge is 0.247 e. The molecule has 174 valence electrons. The van der Waals surface area contributed by atoms with Gasteiger partial charge in [-0.2, -0.15) is 0 Å². The molecule has 2 heterocycles. The number of benzene rings is 2. The SMILES string of the molecule is C=CC(=O)Nc1ccccc1Cc1ccc2c(ccn2Cc2c(Cl)c(OC)cc(OC)c2Cl)n1. The molecule has 2 aromatic carbocycles. The Morgan fingerprint density at radius 1 is 1.09 bits per heavy atom. The monoisotopic (exact) mass is 495 g/mol. The van der Waals surface area contributed by atoms with Crippen LogP contribution in [0.4, 0.5) is 5.69 Å². The highest BCUT2D eigenvalue weighted by Crippen LogP contribution is 2.41. The third-order valence-corrected chi connectivity index (χ3v) is 6.34. The number of halogens is 2. The Morgan fingerprint density at radius 2 is 1.79 bits per heavy atom. The van der Waals surface area contributed by atoms with Gasteiger partial charge >= 0.3 is 0 Å². The second kappa shape index (κ2) is 10.2. The van der Waals surface area contributed by atoms with Crippen LogP contribution < -0.4 is 14.8 Å². The van der Waals surface area contributed by atoms with E-state index in [-0.39, 0.29) is 5.91 Å². The third-order valence-electron chi connectivity index (χ3n) is 5.51. The molecule has 0 unspecified atom stereocenters. The predicted molar refractivity (Wildman–Crippen MR) is 136 cm³/mol. The van der Waals surface area contributed by atoms with E-state index >= 15 is 0 Å². The van der Waals surface area contributed by atoms with Gasteiger partial charge in [-0.1, -0.05) is 48.0 Å². The second-order valence-corrected chi connectivity index (χ2v) is 8.32. The van der Waals surface area contributed by atoms with Crippen molar-refractivity contribution in [1.29, 1.82) is 0 Å². The van der Waals surface area contributed by atoms with Gasteiger partial charge in [0.25, 0.3) is 0 Å². The molecule has 6 nitrogen and oxygen atoms in total. The van der Waals surface area contributed by atoms with Crippen LogP contribution in [-0.2, 0) is 17.8 Å². The molecule has 0 bridgehead atoms. The average molecular weight is 496 g/mol. The van der Waals surface area contributed by atoms with Gasteiger partial charge in [-0.05, 0) is 35.9 Å². The van der Waals surface area contributed by atoms with Crippen molar-refractivity contribution in [3.8, 4) is 11.5 Å². The number of aromatic nitrogens is 2. The van der Waals surface area contributed by atoms with Crippen LogP contribution in [0.1, 0.15) is 16.8 Å². The van der Waals surface area contributed by atoms with E-state index in [1.54, 1.807) is 20.3 Å². The molecular weight excluding hydrogens is 473 g/mol. The molecule has 8 heteroatoms. The summed E-state index contributed by atoms with van der Waals surface area (Å²) in [4.78, 5) is 16.6.